The minimum atomic E-state index is 0.161. The Bertz CT molecular complexity index is 1390. The highest BCUT2D eigenvalue weighted by atomic mass is 32.2. The fourth-order valence-electron chi connectivity index (χ4n) is 3.40. The molecule has 9 heteroatoms. The molecule has 8 nitrogen and oxygen atoms in total. The Labute approximate surface area is 201 Å². The number of rotatable bonds is 7. The Morgan fingerprint density at radius 3 is 2.26 bits per heavy atom. The van der Waals surface area contributed by atoms with E-state index in [1.54, 1.807) is 0 Å². The van der Waals surface area contributed by atoms with Gasteiger partial charge in [-0.1, -0.05) is 78.0 Å². The summed E-state index contributed by atoms with van der Waals surface area (Å²) in [6, 6.07) is 28.0. The van der Waals surface area contributed by atoms with Gasteiger partial charge in [-0.25, -0.2) is 0 Å². The molecule has 34 heavy (non-hydrogen) atoms. The molecule has 0 spiro atoms. The van der Waals surface area contributed by atoms with Crippen LogP contribution >= 0.6 is 11.8 Å². The topological polar surface area (TPSA) is 107 Å². The maximum atomic E-state index is 5.95. The van der Waals surface area contributed by atoms with E-state index in [1.807, 2.05) is 65.2 Å². The normalized spacial score (nSPS) is 10.9. The number of hydrogen-bond donors (Lipinski definition) is 2. The number of nitrogens with zero attached hydrogens (tertiary/aromatic N) is 6. The van der Waals surface area contributed by atoms with Gasteiger partial charge in [-0.2, -0.15) is 15.0 Å². The summed E-state index contributed by atoms with van der Waals surface area (Å²) in [5, 5.41) is 12.9. The number of nitrogens with one attached hydrogen (secondary N) is 1. The van der Waals surface area contributed by atoms with E-state index in [1.165, 1.54) is 17.3 Å². The van der Waals surface area contributed by atoms with Crippen LogP contribution in [0.15, 0.2) is 90.1 Å². The summed E-state index contributed by atoms with van der Waals surface area (Å²) in [6.45, 7) is 2.06. The molecule has 0 bridgehead atoms. The van der Waals surface area contributed by atoms with Gasteiger partial charge in [0.15, 0.2) is 11.0 Å². The quantitative estimate of drug-likeness (QED) is 0.321. The molecular weight excluding hydrogens is 444 g/mol. The summed E-state index contributed by atoms with van der Waals surface area (Å²) >= 11 is 1.49. The lowest BCUT2D eigenvalue weighted by atomic mass is 10.1. The van der Waals surface area contributed by atoms with Gasteiger partial charge in [-0.15, -0.1) is 10.2 Å². The second-order valence-electron chi connectivity index (χ2n) is 7.56. The average molecular weight is 467 g/mol. The van der Waals surface area contributed by atoms with Gasteiger partial charge in [-0.3, -0.25) is 4.57 Å². The van der Waals surface area contributed by atoms with Crippen LogP contribution in [0.3, 0.4) is 0 Å². The van der Waals surface area contributed by atoms with E-state index in [4.69, 9.17) is 5.73 Å². The van der Waals surface area contributed by atoms with Crippen molar-refractivity contribution < 1.29 is 0 Å². The van der Waals surface area contributed by atoms with Crippen molar-refractivity contribution in [2.24, 2.45) is 0 Å². The zero-order valence-electron chi connectivity index (χ0n) is 18.5. The highest BCUT2D eigenvalue weighted by Gasteiger charge is 2.17. The molecule has 0 aliphatic heterocycles. The number of nitrogens with two attached hydrogens (primary N) is 1. The van der Waals surface area contributed by atoms with Crippen molar-refractivity contribution in [3.63, 3.8) is 0 Å². The number of aromatic nitrogens is 6. The molecule has 0 aliphatic rings. The molecule has 0 fully saturated rings. The van der Waals surface area contributed by atoms with E-state index in [-0.39, 0.29) is 5.95 Å². The maximum absolute atomic E-state index is 5.95. The lowest BCUT2D eigenvalue weighted by molar-refractivity contribution is 0.882. The van der Waals surface area contributed by atoms with Crippen LogP contribution in [0.4, 0.5) is 17.6 Å². The van der Waals surface area contributed by atoms with Crippen molar-refractivity contribution in [1.29, 1.82) is 0 Å². The fraction of sp³-hybridized carbons (Fsp3) is 0.0800. The second kappa shape index (κ2) is 9.72. The van der Waals surface area contributed by atoms with Crippen LogP contribution in [-0.4, -0.2) is 29.7 Å². The van der Waals surface area contributed by atoms with Crippen molar-refractivity contribution in [2.45, 2.75) is 17.8 Å². The molecular formula is C25H22N8S. The van der Waals surface area contributed by atoms with Gasteiger partial charge >= 0.3 is 0 Å². The van der Waals surface area contributed by atoms with Crippen LogP contribution in [0, 0.1) is 6.92 Å². The number of nitrogen functional groups attached to an aromatic ring is 1. The number of hydrogen-bond acceptors (Lipinski definition) is 8. The van der Waals surface area contributed by atoms with E-state index >= 15 is 0 Å². The number of thioether (sulfide) groups is 1. The highest BCUT2D eigenvalue weighted by Crippen LogP contribution is 2.29. The third kappa shape index (κ3) is 4.89. The fourth-order valence-corrected chi connectivity index (χ4v) is 4.21. The Kier molecular flexibility index (Phi) is 6.17. The third-order valence-electron chi connectivity index (χ3n) is 5.02. The lowest BCUT2D eigenvalue weighted by Gasteiger charge is -2.11. The van der Waals surface area contributed by atoms with Gasteiger partial charge in [0, 0.05) is 16.9 Å². The molecule has 2 aromatic heterocycles. The number of para-hydroxylation sites is 2. The van der Waals surface area contributed by atoms with Crippen LogP contribution in [0.25, 0.3) is 17.1 Å². The maximum Gasteiger partial charge on any atom is 0.232 e. The van der Waals surface area contributed by atoms with E-state index in [0.29, 0.717) is 17.5 Å². The molecule has 3 aromatic carbocycles. The molecule has 3 N–H and O–H groups in total. The minimum absolute atomic E-state index is 0.161. The van der Waals surface area contributed by atoms with Gasteiger partial charge in [0.25, 0.3) is 0 Å². The van der Waals surface area contributed by atoms with Gasteiger partial charge in [-0.05, 0) is 31.2 Å². The predicted molar refractivity (Wildman–Crippen MR) is 135 cm³/mol. The smallest absolute Gasteiger partial charge is 0.232 e. The van der Waals surface area contributed by atoms with Gasteiger partial charge < -0.3 is 11.1 Å². The first-order valence-corrected chi connectivity index (χ1v) is 11.7. The molecule has 0 unspecified atom stereocenters. The van der Waals surface area contributed by atoms with Crippen LogP contribution < -0.4 is 11.1 Å². The van der Waals surface area contributed by atoms with Crippen molar-refractivity contribution in [1.82, 2.24) is 29.7 Å². The Balaban J connectivity index is 1.43. The van der Waals surface area contributed by atoms with Crippen molar-refractivity contribution in [3.8, 4) is 17.1 Å². The van der Waals surface area contributed by atoms with Crippen LogP contribution in [0.5, 0.6) is 0 Å². The molecule has 0 saturated heterocycles. The predicted octanol–water partition coefficient (Wildman–Crippen LogP) is 5.05. The van der Waals surface area contributed by atoms with Gasteiger partial charge in [0.1, 0.15) is 5.82 Å². The first kappa shape index (κ1) is 21.6. The molecule has 168 valence electrons. The van der Waals surface area contributed by atoms with Crippen molar-refractivity contribution in [2.75, 3.05) is 11.1 Å². The summed E-state index contributed by atoms with van der Waals surface area (Å²) < 4.78 is 2.04. The van der Waals surface area contributed by atoms with E-state index in [0.717, 1.165) is 27.9 Å². The van der Waals surface area contributed by atoms with Gasteiger partial charge in [0.2, 0.25) is 11.9 Å². The van der Waals surface area contributed by atoms with E-state index < -0.39 is 0 Å². The molecule has 0 radical (unpaired) electrons. The van der Waals surface area contributed by atoms with Crippen LogP contribution in [0.2, 0.25) is 0 Å². The summed E-state index contributed by atoms with van der Waals surface area (Å²) in [7, 11) is 0. The van der Waals surface area contributed by atoms with E-state index in [2.05, 4.69) is 61.7 Å². The Morgan fingerprint density at radius 2 is 1.53 bits per heavy atom. The molecule has 2 heterocycles. The van der Waals surface area contributed by atoms with Crippen LogP contribution in [-0.2, 0) is 5.75 Å². The molecule has 0 saturated carbocycles. The molecule has 0 atom stereocenters. The Morgan fingerprint density at radius 1 is 0.824 bits per heavy atom. The first-order chi connectivity index (χ1) is 16.7. The average Bonchev–Trinajstić information content (AvgIpc) is 3.28. The standard InChI is InChI=1S/C25H22N8S/c1-17-12-14-18(15-13-17)22-31-32-25(33(22)20-10-6-3-7-11-20)34-16-21-28-23(26)30-24(29-21)27-19-8-4-2-5-9-19/h2-15H,16H2,1H3,(H3,26,27,28,29,30). The second-order valence-corrected chi connectivity index (χ2v) is 8.50. The van der Waals surface area contributed by atoms with Crippen molar-refractivity contribution >= 4 is 29.3 Å². The van der Waals surface area contributed by atoms with Gasteiger partial charge in [0.05, 0.1) is 5.75 Å². The zero-order valence-corrected chi connectivity index (χ0v) is 19.3. The summed E-state index contributed by atoms with van der Waals surface area (Å²) in [6.07, 6.45) is 0. The zero-order chi connectivity index (χ0) is 23.3. The third-order valence-corrected chi connectivity index (χ3v) is 5.94. The summed E-state index contributed by atoms with van der Waals surface area (Å²) in [5.41, 5.74) is 9.99. The first-order valence-electron chi connectivity index (χ1n) is 10.7. The Hall–Kier alpha value is -4.24. The monoisotopic (exact) mass is 466 g/mol. The largest absolute Gasteiger partial charge is 0.368 e. The molecule has 5 aromatic rings. The minimum Gasteiger partial charge on any atom is -0.368 e. The molecule has 0 aliphatic carbocycles. The summed E-state index contributed by atoms with van der Waals surface area (Å²) in [4.78, 5) is 13.0. The summed E-state index contributed by atoms with van der Waals surface area (Å²) in [5.74, 6) is 2.34. The number of anilines is 3. The van der Waals surface area contributed by atoms with Crippen molar-refractivity contribution in [3.05, 3.63) is 96.3 Å². The highest BCUT2D eigenvalue weighted by molar-refractivity contribution is 7.98. The SMILES string of the molecule is Cc1ccc(-c2nnc(SCc3nc(N)nc(Nc4ccccc4)n3)n2-c2ccccc2)cc1. The van der Waals surface area contributed by atoms with Crippen LogP contribution in [0.1, 0.15) is 11.4 Å². The molecule has 0 amide bonds. The lowest BCUT2D eigenvalue weighted by Crippen LogP contribution is -2.07. The number of aryl methyl sites for hydroxylation is 1. The van der Waals surface area contributed by atoms with E-state index in [9.17, 15) is 0 Å². The molecule has 5 rings (SSSR count). The number of benzene rings is 3.